The lowest BCUT2D eigenvalue weighted by Crippen LogP contribution is -2.31. The fraction of sp³-hybridized carbons (Fsp3) is 0.290. The van der Waals surface area contributed by atoms with Crippen LogP contribution >= 0.6 is 0 Å². The number of benzene rings is 3. The first-order valence-corrected chi connectivity index (χ1v) is 12.4. The molecule has 0 aromatic heterocycles. The number of ketones is 1. The highest BCUT2D eigenvalue weighted by molar-refractivity contribution is 6.46. The second-order valence-electron chi connectivity index (χ2n) is 9.51. The number of aryl methyl sites for hydroxylation is 3. The number of likely N-dealkylation sites (tertiary alicyclic amines) is 1. The molecule has 198 valence electrons. The summed E-state index contributed by atoms with van der Waals surface area (Å²) >= 11 is 0. The molecule has 7 heteroatoms. The monoisotopic (exact) mass is 515 g/mol. The maximum atomic E-state index is 13.5. The summed E-state index contributed by atoms with van der Waals surface area (Å²) in [4.78, 5) is 28.4. The zero-order valence-electron chi connectivity index (χ0n) is 22.6. The zero-order chi connectivity index (χ0) is 27.6. The van der Waals surface area contributed by atoms with Crippen LogP contribution in [-0.4, -0.2) is 49.6 Å². The van der Waals surface area contributed by atoms with Crippen LogP contribution in [0.2, 0.25) is 0 Å². The highest BCUT2D eigenvalue weighted by Crippen LogP contribution is 2.42. The van der Waals surface area contributed by atoms with Crippen molar-refractivity contribution >= 4 is 17.4 Å². The Labute approximate surface area is 223 Å². The number of ether oxygens (including phenoxy) is 3. The molecule has 3 aromatic rings. The van der Waals surface area contributed by atoms with Gasteiger partial charge in [-0.1, -0.05) is 42.0 Å². The molecule has 1 amide bonds. The molecule has 3 aromatic carbocycles. The molecule has 1 saturated heterocycles. The van der Waals surface area contributed by atoms with Crippen LogP contribution in [0.4, 0.5) is 0 Å². The zero-order valence-corrected chi connectivity index (χ0v) is 22.6. The van der Waals surface area contributed by atoms with Crippen LogP contribution in [-0.2, 0) is 16.0 Å². The first kappa shape index (κ1) is 26.8. The van der Waals surface area contributed by atoms with Crippen molar-refractivity contribution in [1.82, 2.24) is 4.90 Å². The lowest BCUT2D eigenvalue weighted by molar-refractivity contribution is -0.139. The van der Waals surface area contributed by atoms with E-state index in [-0.39, 0.29) is 17.9 Å². The maximum absolute atomic E-state index is 13.5. The molecule has 1 fully saturated rings. The summed E-state index contributed by atoms with van der Waals surface area (Å²) < 4.78 is 16.3. The number of amides is 1. The van der Waals surface area contributed by atoms with Crippen LogP contribution in [0.1, 0.15) is 39.4 Å². The molecular weight excluding hydrogens is 482 g/mol. The second-order valence-corrected chi connectivity index (χ2v) is 9.51. The third-order valence-corrected chi connectivity index (χ3v) is 6.87. The number of hydrogen-bond donors (Lipinski definition) is 1. The molecule has 0 bridgehead atoms. The number of aliphatic hydroxyl groups excluding tert-OH is 1. The van der Waals surface area contributed by atoms with E-state index in [1.165, 1.54) is 12.0 Å². The van der Waals surface area contributed by atoms with Crippen LogP contribution in [0.5, 0.6) is 17.2 Å². The number of carbonyl (C=O) groups is 2. The number of aliphatic hydroxyl groups is 1. The highest BCUT2D eigenvalue weighted by Gasteiger charge is 2.46. The summed E-state index contributed by atoms with van der Waals surface area (Å²) in [5.74, 6) is 0.0483. The highest BCUT2D eigenvalue weighted by atomic mass is 16.5. The van der Waals surface area contributed by atoms with Gasteiger partial charge in [-0.3, -0.25) is 9.59 Å². The fourth-order valence-corrected chi connectivity index (χ4v) is 5.13. The Morgan fingerprint density at radius 2 is 1.61 bits per heavy atom. The van der Waals surface area contributed by atoms with E-state index in [9.17, 15) is 14.7 Å². The second kappa shape index (κ2) is 11.0. The maximum Gasteiger partial charge on any atom is 0.295 e. The summed E-state index contributed by atoms with van der Waals surface area (Å²) in [6.45, 7) is 6.00. The first-order chi connectivity index (χ1) is 18.2. The van der Waals surface area contributed by atoms with E-state index in [0.717, 1.165) is 27.8 Å². The predicted octanol–water partition coefficient (Wildman–Crippen LogP) is 5.30. The van der Waals surface area contributed by atoms with Crippen molar-refractivity contribution in [2.24, 2.45) is 0 Å². The molecule has 7 nitrogen and oxygen atoms in total. The molecule has 0 spiro atoms. The number of methoxy groups -OCH3 is 3. The molecule has 1 unspecified atom stereocenters. The Kier molecular flexibility index (Phi) is 7.76. The Balaban J connectivity index is 1.82. The lowest BCUT2D eigenvalue weighted by atomic mass is 9.93. The van der Waals surface area contributed by atoms with Gasteiger partial charge in [-0.25, -0.2) is 0 Å². The normalized spacial score (nSPS) is 16.6. The number of nitrogens with zero attached hydrogens (tertiary/aromatic N) is 1. The van der Waals surface area contributed by atoms with Gasteiger partial charge in [-0.15, -0.1) is 0 Å². The van der Waals surface area contributed by atoms with E-state index in [1.54, 1.807) is 20.3 Å². The average Bonchev–Trinajstić information content (AvgIpc) is 3.15. The van der Waals surface area contributed by atoms with Crippen LogP contribution in [0, 0.1) is 20.8 Å². The third kappa shape index (κ3) is 4.96. The number of Topliss-reactive ketones (excluding diaryl/α,β-unsaturated/α-hetero) is 1. The van der Waals surface area contributed by atoms with E-state index in [2.05, 4.69) is 0 Å². The van der Waals surface area contributed by atoms with Gasteiger partial charge in [0.05, 0.1) is 38.5 Å². The van der Waals surface area contributed by atoms with Crippen molar-refractivity contribution in [1.29, 1.82) is 0 Å². The summed E-state index contributed by atoms with van der Waals surface area (Å²) in [6.07, 6.45) is 0.475. The average molecular weight is 516 g/mol. The number of carbonyl (C=O) groups excluding carboxylic acids is 2. The number of rotatable bonds is 8. The first-order valence-electron chi connectivity index (χ1n) is 12.4. The van der Waals surface area contributed by atoms with Gasteiger partial charge < -0.3 is 24.2 Å². The predicted molar refractivity (Wildman–Crippen MR) is 146 cm³/mol. The van der Waals surface area contributed by atoms with E-state index in [1.807, 2.05) is 69.3 Å². The van der Waals surface area contributed by atoms with Crippen molar-refractivity contribution in [3.63, 3.8) is 0 Å². The SMILES string of the molecule is COc1ccc(CCN2C(=O)C(=O)/C(=C(/O)c3cc(C)cc(C)c3OC)C2c2cccc(C)c2)cc1OC. The summed E-state index contributed by atoms with van der Waals surface area (Å²) in [5, 5.41) is 11.6. The fourth-order valence-electron chi connectivity index (χ4n) is 5.13. The van der Waals surface area contributed by atoms with Crippen molar-refractivity contribution in [3.05, 3.63) is 93.6 Å². The largest absolute Gasteiger partial charge is 0.507 e. The minimum atomic E-state index is -0.749. The van der Waals surface area contributed by atoms with Gasteiger partial charge >= 0.3 is 0 Å². The van der Waals surface area contributed by atoms with Gasteiger partial charge in [0.25, 0.3) is 11.7 Å². The third-order valence-electron chi connectivity index (χ3n) is 6.87. The van der Waals surface area contributed by atoms with Crippen LogP contribution in [0.25, 0.3) is 5.76 Å². The minimum Gasteiger partial charge on any atom is -0.507 e. The Morgan fingerprint density at radius 1 is 0.868 bits per heavy atom. The van der Waals surface area contributed by atoms with Crippen LogP contribution in [0.3, 0.4) is 0 Å². The van der Waals surface area contributed by atoms with Gasteiger partial charge in [-0.05, 0) is 67.6 Å². The van der Waals surface area contributed by atoms with Gasteiger partial charge in [-0.2, -0.15) is 0 Å². The summed E-state index contributed by atoms with van der Waals surface area (Å²) in [6, 6.07) is 16.2. The standard InChI is InChI=1S/C31H33NO6/c1-18-8-7-9-22(15-18)27-26(28(33)23-16-19(2)14-20(3)30(23)38-6)29(34)31(35)32(27)13-12-21-10-11-24(36-4)25(17-21)37-5/h7-11,14-17,27,33H,12-13H2,1-6H3/b28-26+. The van der Waals surface area contributed by atoms with Crippen LogP contribution < -0.4 is 14.2 Å². The van der Waals surface area contributed by atoms with Gasteiger partial charge in [0.2, 0.25) is 0 Å². The molecule has 1 aliphatic rings. The Morgan fingerprint density at radius 3 is 2.26 bits per heavy atom. The topological polar surface area (TPSA) is 85.3 Å². The molecule has 1 atom stereocenters. The number of hydrogen-bond acceptors (Lipinski definition) is 6. The van der Waals surface area contributed by atoms with E-state index in [0.29, 0.717) is 29.2 Å². The van der Waals surface area contributed by atoms with Gasteiger partial charge in [0.1, 0.15) is 11.5 Å². The molecule has 1 N–H and O–H groups in total. The Hall–Kier alpha value is -4.26. The van der Waals surface area contributed by atoms with Gasteiger partial charge in [0.15, 0.2) is 11.5 Å². The molecule has 0 radical (unpaired) electrons. The lowest BCUT2D eigenvalue weighted by Gasteiger charge is -2.26. The van der Waals surface area contributed by atoms with Crippen molar-refractivity contribution in [3.8, 4) is 17.2 Å². The molecule has 4 rings (SSSR count). The van der Waals surface area contributed by atoms with E-state index < -0.39 is 17.7 Å². The van der Waals surface area contributed by atoms with Crippen molar-refractivity contribution in [2.45, 2.75) is 33.2 Å². The molecule has 0 saturated carbocycles. The molecule has 0 aliphatic carbocycles. The van der Waals surface area contributed by atoms with E-state index >= 15 is 0 Å². The minimum absolute atomic E-state index is 0.0520. The van der Waals surface area contributed by atoms with Crippen LogP contribution in [0.15, 0.2) is 60.2 Å². The summed E-state index contributed by atoms with van der Waals surface area (Å²) in [7, 11) is 4.66. The smallest absolute Gasteiger partial charge is 0.295 e. The molecule has 38 heavy (non-hydrogen) atoms. The molecular formula is C31H33NO6. The quantitative estimate of drug-likeness (QED) is 0.249. The van der Waals surface area contributed by atoms with Gasteiger partial charge in [0, 0.05) is 6.54 Å². The van der Waals surface area contributed by atoms with Crippen molar-refractivity contribution < 1.29 is 28.9 Å². The summed E-state index contributed by atoms with van der Waals surface area (Å²) in [5.41, 5.74) is 4.82. The Bertz CT molecular complexity index is 1420. The molecule has 1 heterocycles. The van der Waals surface area contributed by atoms with E-state index in [4.69, 9.17) is 14.2 Å². The van der Waals surface area contributed by atoms with Crippen molar-refractivity contribution in [2.75, 3.05) is 27.9 Å². The molecule has 1 aliphatic heterocycles.